The van der Waals surface area contributed by atoms with Crippen molar-refractivity contribution in [3.05, 3.63) is 93.8 Å². The number of aromatic nitrogens is 1. The Morgan fingerprint density at radius 2 is 1.70 bits per heavy atom. The van der Waals surface area contributed by atoms with Gasteiger partial charge in [0, 0.05) is 34.1 Å². The standard InChI is InChI=1S/C25H24N2O2S/c1-25(2,22-13-12-21(30-22)23(28)17-8-4-3-5-9-17)24(29)26-15-14-18-16-27-20-11-7-6-10-19(18)20/h3-13,16,27H,14-15H2,1-2H3,(H,26,29). The van der Waals surface area contributed by atoms with E-state index in [0.717, 1.165) is 16.8 Å². The molecule has 0 spiro atoms. The maximum atomic E-state index is 12.9. The third-order valence-electron chi connectivity index (χ3n) is 5.40. The van der Waals surface area contributed by atoms with Crippen LogP contribution in [0.3, 0.4) is 0 Å². The summed E-state index contributed by atoms with van der Waals surface area (Å²) in [7, 11) is 0. The lowest BCUT2D eigenvalue weighted by atomic mass is 9.90. The average Bonchev–Trinajstić information content (AvgIpc) is 3.42. The molecule has 0 radical (unpaired) electrons. The van der Waals surface area contributed by atoms with Crippen LogP contribution in [0, 0.1) is 0 Å². The van der Waals surface area contributed by atoms with Gasteiger partial charge >= 0.3 is 0 Å². The molecule has 2 aromatic carbocycles. The van der Waals surface area contributed by atoms with E-state index in [1.54, 1.807) is 0 Å². The summed E-state index contributed by atoms with van der Waals surface area (Å²) in [6.45, 7) is 4.36. The number of para-hydroxylation sites is 1. The molecule has 2 aromatic heterocycles. The molecular formula is C25H24N2O2S. The smallest absolute Gasteiger partial charge is 0.230 e. The van der Waals surface area contributed by atoms with Crippen molar-refractivity contribution in [2.24, 2.45) is 0 Å². The Morgan fingerprint density at radius 3 is 2.50 bits per heavy atom. The van der Waals surface area contributed by atoms with Crippen molar-refractivity contribution < 1.29 is 9.59 Å². The monoisotopic (exact) mass is 416 g/mol. The first kappa shape index (κ1) is 20.1. The summed E-state index contributed by atoms with van der Waals surface area (Å²) in [4.78, 5) is 30.4. The summed E-state index contributed by atoms with van der Waals surface area (Å²) in [5, 5.41) is 4.25. The van der Waals surface area contributed by atoms with E-state index in [-0.39, 0.29) is 11.7 Å². The van der Waals surface area contributed by atoms with Gasteiger partial charge in [0.05, 0.1) is 10.3 Å². The largest absolute Gasteiger partial charge is 0.361 e. The molecule has 152 valence electrons. The maximum Gasteiger partial charge on any atom is 0.230 e. The van der Waals surface area contributed by atoms with E-state index in [1.807, 2.05) is 80.7 Å². The fourth-order valence-corrected chi connectivity index (χ4v) is 4.58. The minimum atomic E-state index is -0.708. The van der Waals surface area contributed by atoms with E-state index in [4.69, 9.17) is 0 Å². The van der Waals surface area contributed by atoms with E-state index in [0.29, 0.717) is 17.0 Å². The highest BCUT2D eigenvalue weighted by Gasteiger charge is 2.31. The molecule has 5 heteroatoms. The quantitative estimate of drug-likeness (QED) is 0.412. The zero-order valence-corrected chi connectivity index (χ0v) is 17.9. The van der Waals surface area contributed by atoms with E-state index >= 15 is 0 Å². The van der Waals surface area contributed by atoms with Crippen molar-refractivity contribution in [1.29, 1.82) is 0 Å². The summed E-state index contributed by atoms with van der Waals surface area (Å²) >= 11 is 1.39. The molecule has 4 nitrogen and oxygen atoms in total. The van der Waals surface area contributed by atoms with Crippen molar-refractivity contribution in [3.8, 4) is 0 Å². The van der Waals surface area contributed by atoms with Gasteiger partial charge in [0.15, 0.2) is 0 Å². The number of fused-ring (bicyclic) bond motifs is 1. The number of carbonyl (C=O) groups excluding carboxylic acids is 2. The van der Waals surface area contributed by atoms with E-state index in [9.17, 15) is 9.59 Å². The summed E-state index contributed by atoms with van der Waals surface area (Å²) in [6.07, 6.45) is 2.76. The SMILES string of the molecule is CC(C)(C(=O)NCCc1c[nH]c2ccccc12)c1ccc(C(=O)c2ccccc2)s1. The van der Waals surface area contributed by atoms with Gasteiger partial charge in [0.25, 0.3) is 0 Å². The van der Waals surface area contributed by atoms with Crippen molar-refractivity contribution in [3.63, 3.8) is 0 Å². The number of carbonyl (C=O) groups is 2. The fraction of sp³-hybridized carbons (Fsp3) is 0.200. The number of ketones is 1. The van der Waals surface area contributed by atoms with Crippen LogP contribution in [0.5, 0.6) is 0 Å². The molecule has 2 N–H and O–H groups in total. The number of amides is 1. The summed E-state index contributed by atoms with van der Waals surface area (Å²) < 4.78 is 0. The van der Waals surface area contributed by atoms with E-state index in [2.05, 4.69) is 16.4 Å². The summed E-state index contributed by atoms with van der Waals surface area (Å²) in [5.41, 5.74) is 2.25. The number of benzene rings is 2. The van der Waals surface area contributed by atoms with Crippen LogP contribution in [-0.4, -0.2) is 23.2 Å². The minimum absolute atomic E-state index is 0.0117. The molecule has 0 fully saturated rings. The zero-order valence-electron chi connectivity index (χ0n) is 17.1. The number of hydrogen-bond acceptors (Lipinski definition) is 3. The van der Waals surface area contributed by atoms with Crippen LogP contribution in [0.4, 0.5) is 0 Å². The molecule has 2 heterocycles. The zero-order chi connectivity index (χ0) is 21.1. The number of rotatable bonds is 7. The van der Waals surface area contributed by atoms with Crippen molar-refractivity contribution in [2.45, 2.75) is 25.7 Å². The number of H-pyrrole nitrogens is 1. The van der Waals surface area contributed by atoms with E-state index in [1.165, 1.54) is 22.3 Å². The van der Waals surface area contributed by atoms with Gasteiger partial charge in [-0.2, -0.15) is 0 Å². The average molecular weight is 417 g/mol. The van der Waals surface area contributed by atoms with Gasteiger partial charge in [-0.15, -0.1) is 11.3 Å². The number of aromatic amines is 1. The molecule has 4 rings (SSSR count). The lowest BCUT2D eigenvalue weighted by Crippen LogP contribution is -2.40. The highest BCUT2D eigenvalue weighted by Crippen LogP contribution is 2.31. The van der Waals surface area contributed by atoms with Gasteiger partial charge in [-0.1, -0.05) is 48.5 Å². The third-order valence-corrected chi connectivity index (χ3v) is 6.81. The molecule has 30 heavy (non-hydrogen) atoms. The fourth-order valence-electron chi connectivity index (χ4n) is 3.51. The lowest BCUT2D eigenvalue weighted by molar-refractivity contribution is -0.125. The first-order valence-corrected chi connectivity index (χ1v) is 10.8. The molecule has 1 amide bonds. The lowest BCUT2D eigenvalue weighted by Gasteiger charge is -2.22. The number of hydrogen-bond donors (Lipinski definition) is 2. The van der Waals surface area contributed by atoms with E-state index < -0.39 is 5.41 Å². The van der Waals surface area contributed by atoms with Crippen molar-refractivity contribution >= 4 is 33.9 Å². The molecule has 0 saturated carbocycles. The van der Waals surface area contributed by atoms with Crippen LogP contribution in [0.15, 0.2) is 72.9 Å². The van der Waals surface area contributed by atoms with Gasteiger partial charge in [0.2, 0.25) is 11.7 Å². The van der Waals surface area contributed by atoms with Crippen LogP contribution in [0.2, 0.25) is 0 Å². The van der Waals surface area contributed by atoms with Crippen LogP contribution in [-0.2, 0) is 16.6 Å². The first-order chi connectivity index (χ1) is 14.5. The molecule has 0 aliphatic carbocycles. The highest BCUT2D eigenvalue weighted by molar-refractivity contribution is 7.14. The Hall–Kier alpha value is -3.18. The van der Waals surface area contributed by atoms with Crippen LogP contribution in [0.1, 0.15) is 39.5 Å². The second-order valence-corrected chi connectivity index (χ2v) is 8.93. The summed E-state index contributed by atoms with van der Waals surface area (Å²) in [5.74, 6) is -0.0507. The van der Waals surface area contributed by atoms with Crippen molar-refractivity contribution in [2.75, 3.05) is 6.54 Å². The van der Waals surface area contributed by atoms with Gasteiger partial charge in [-0.3, -0.25) is 9.59 Å². The topological polar surface area (TPSA) is 62.0 Å². The molecule has 0 bridgehead atoms. The van der Waals surface area contributed by atoms with Gasteiger partial charge in [0.1, 0.15) is 0 Å². The van der Waals surface area contributed by atoms with Gasteiger partial charge in [-0.25, -0.2) is 0 Å². The predicted octanol–water partition coefficient (Wildman–Crippen LogP) is 5.10. The van der Waals surface area contributed by atoms with Gasteiger partial charge < -0.3 is 10.3 Å². The van der Waals surface area contributed by atoms with Crippen LogP contribution < -0.4 is 5.32 Å². The van der Waals surface area contributed by atoms with Gasteiger partial charge in [-0.05, 0) is 44.0 Å². The maximum absolute atomic E-state index is 12.9. The Bertz CT molecular complexity index is 1190. The molecule has 0 atom stereocenters. The van der Waals surface area contributed by atoms with Crippen molar-refractivity contribution in [1.82, 2.24) is 10.3 Å². The second-order valence-electron chi connectivity index (χ2n) is 7.85. The minimum Gasteiger partial charge on any atom is -0.361 e. The predicted molar refractivity (Wildman–Crippen MR) is 122 cm³/mol. The Kier molecular flexibility index (Phi) is 5.55. The summed E-state index contributed by atoms with van der Waals surface area (Å²) in [6, 6.07) is 21.1. The number of thiophene rings is 1. The molecule has 0 unspecified atom stereocenters. The Balaban J connectivity index is 1.41. The first-order valence-electron chi connectivity index (χ1n) is 10.00. The Labute approximate surface area is 180 Å². The second kappa shape index (κ2) is 8.28. The van der Waals surface area contributed by atoms with Crippen LogP contribution in [0.25, 0.3) is 10.9 Å². The molecular weight excluding hydrogens is 392 g/mol. The third kappa shape index (κ3) is 3.94. The Morgan fingerprint density at radius 1 is 0.967 bits per heavy atom. The molecule has 0 saturated heterocycles. The van der Waals surface area contributed by atoms with Crippen LogP contribution >= 0.6 is 11.3 Å². The highest BCUT2D eigenvalue weighted by atomic mass is 32.1. The molecule has 0 aliphatic heterocycles. The molecule has 4 aromatic rings. The normalized spacial score (nSPS) is 11.5. The molecule has 0 aliphatic rings. The number of nitrogens with one attached hydrogen (secondary N) is 2.